The Morgan fingerprint density at radius 3 is 2.69 bits per heavy atom. The molecule has 3 aromatic rings. The number of pyridine rings is 1. The van der Waals surface area contributed by atoms with E-state index < -0.39 is 17.1 Å². The molecular weight excluding hydrogens is 332 g/mol. The standard InChI is InChI=1S/C19H14N4O3/c1-11-4-6-13(7-5-11)23-18(25)15(17(24)22-19(23)26)9-12-10-21-16-14(12)3-2-8-20-16/h2-10,25H,1H3,(H,22,24,26)/b12-9-. The van der Waals surface area contributed by atoms with Crippen LogP contribution in [0.1, 0.15) is 16.7 Å². The highest BCUT2D eigenvalue weighted by atomic mass is 16.3. The third-order valence-corrected chi connectivity index (χ3v) is 4.14. The van der Waals surface area contributed by atoms with E-state index in [4.69, 9.17) is 0 Å². The van der Waals surface area contributed by atoms with Crippen molar-refractivity contribution < 1.29 is 5.11 Å². The number of fused-ring (bicyclic) bond motifs is 1. The first kappa shape index (κ1) is 15.8. The summed E-state index contributed by atoms with van der Waals surface area (Å²) in [6, 6.07) is 10.6. The zero-order valence-electron chi connectivity index (χ0n) is 13.8. The van der Waals surface area contributed by atoms with Crippen molar-refractivity contribution in [1.29, 1.82) is 0 Å². The molecule has 0 bridgehead atoms. The van der Waals surface area contributed by atoms with Gasteiger partial charge in [0.2, 0.25) is 5.88 Å². The van der Waals surface area contributed by atoms with Gasteiger partial charge in [0.05, 0.1) is 5.69 Å². The van der Waals surface area contributed by atoms with Crippen LogP contribution in [0.2, 0.25) is 0 Å². The van der Waals surface area contributed by atoms with Crippen molar-refractivity contribution in [3.05, 3.63) is 80.1 Å². The maximum Gasteiger partial charge on any atom is 0.335 e. The molecule has 3 heterocycles. The van der Waals surface area contributed by atoms with Gasteiger partial charge in [-0.2, -0.15) is 0 Å². The molecular formula is C19H14N4O3. The molecule has 0 spiro atoms. The van der Waals surface area contributed by atoms with Gasteiger partial charge in [0.1, 0.15) is 5.56 Å². The summed E-state index contributed by atoms with van der Waals surface area (Å²) in [4.78, 5) is 35.1. The van der Waals surface area contributed by atoms with E-state index in [1.807, 2.05) is 25.1 Å². The second-order valence-corrected chi connectivity index (χ2v) is 5.90. The first-order valence-corrected chi connectivity index (χ1v) is 7.91. The largest absolute Gasteiger partial charge is 0.494 e. The molecule has 2 aromatic heterocycles. The zero-order valence-corrected chi connectivity index (χ0v) is 13.8. The van der Waals surface area contributed by atoms with E-state index in [0.717, 1.165) is 15.7 Å². The lowest BCUT2D eigenvalue weighted by atomic mass is 10.1. The second kappa shape index (κ2) is 5.96. The maximum absolute atomic E-state index is 12.3. The summed E-state index contributed by atoms with van der Waals surface area (Å²) in [5.41, 5.74) is 1.44. The number of aryl methyl sites for hydroxylation is 1. The van der Waals surface area contributed by atoms with Crippen molar-refractivity contribution in [3.8, 4) is 11.6 Å². The van der Waals surface area contributed by atoms with E-state index in [1.54, 1.807) is 30.6 Å². The molecule has 7 nitrogen and oxygen atoms in total. The van der Waals surface area contributed by atoms with Crippen molar-refractivity contribution in [2.45, 2.75) is 6.92 Å². The number of nitrogens with zero attached hydrogens (tertiary/aromatic N) is 3. The van der Waals surface area contributed by atoms with E-state index in [2.05, 4.69) is 15.0 Å². The van der Waals surface area contributed by atoms with E-state index >= 15 is 0 Å². The predicted molar refractivity (Wildman–Crippen MR) is 99.3 cm³/mol. The minimum absolute atomic E-state index is 0.0247. The molecule has 2 N–H and O–H groups in total. The van der Waals surface area contributed by atoms with Gasteiger partial charge in [-0.1, -0.05) is 17.7 Å². The maximum atomic E-state index is 12.3. The summed E-state index contributed by atoms with van der Waals surface area (Å²) in [5, 5.41) is 10.6. The van der Waals surface area contributed by atoms with Gasteiger partial charge in [0.15, 0.2) is 5.82 Å². The molecule has 0 saturated carbocycles. The van der Waals surface area contributed by atoms with E-state index in [1.165, 1.54) is 6.08 Å². The summed E-state index contributed by atoms with van der Waals surface area (Å²) in [7, 11) is 0. The Bertz CT molecular complexity index is 1180. The van der Waals surface area contributed by atoms with Crippen LogP contribution in [0.3, 0.4) is 0 Å². The first-order valence-electron chi connectivity index (χ1n) is 7.91. The summed E-state index contributed by atoms with van der Waals surface area (Å²) in [6.07, 6.45) is 4.69. The number of H-pyrrole nitrogens is 1. The lowest BCUT2D eigenvalue weighted by molar-refractivity contribution is 0.429. The van der Waals surface area contributed by atoms with Gasteiger partial charge in [-0.05, 0) is 37.3 Å². The van der Waals surface area contributed by atoms with Gasteiger partial charge in [-0.15, -0.1) is 0 Å². The monoisotopic (exact) mass is 346 g/mol. The van der Waals surface area contributed by atoms with Gasteiger partial charge >= 0.3 is 5.69 Å². The minimum atomic E-state index is -0.708. The number of hydrogen-bond donors (Lipinski definition) is 2. The lowest BCUT2D eigenvalue weighted by Gasteiger charge is -2.10. The van der Waals surface area contributed by atoms with Crippen LogP contribution in [0.25, 0.3) is 17.3 Å². The van der Waals surface area contributed by atoms with Crippen LogP contribution >= 0.6 is 0 Å². The molecule has 1 aliphatic rings. The fourth-order valence-electron chi connectivity index (χ4n) is 2.80. The highest BCUT2D eigenvalue weighted by Crippen LogP contribution is 2.31. The van der Waals surface area contributed by atoms with Crippen LogP contribution in [-0.2, 0) is 0 Å². The number of rotatable bonds is 2. The number of nitrogens with one attached hydrogen (secondary N) is 1. The highest BCUT2D eigenvalue weighted by Gasteiger charge is 2.18. The predicted octanol–water partition coefficient (Wildman–Crippen LogP) is 2.19. The Labute approximate surface area is 147 Å². The van der Waals surface area contributed by atoms with Crippen molar-refractivity contribution >= 4 is 23.7 Å². The molecule has 128 valence electrons. The van der Waals surface area contributed by atoms with Gasteiger partial charge in [-0.3, -0.25) is 9.78 Å². The normalized spacial score (nSPS) is 14.0. The van der Waals surface area contributed by atoms with Crippen LogP contribution in [-0.4, -0.2) is 25.9 Å². The molecule has 1 aromatic carbocycles. The lowest BCUT2D eigenvalue weighted by Crippen LogP contribution is -2.30. The van der Waals surface area contributed by atoms with Crippen LogP contribution < -0.4 is 11.2 Å². The minimum Gasteiger partial charge on any atom is -0.494 e. The number of hydrogen-bond acceptors (Lipinski definition) is 5. The van der Waals surface area contributed by atoms with Crippen LogP contribution in [0, 0.1) is 6.92 Å². The average molecular weight is 346 g/mol. The highest BCUT2D eigenvalue weighted by molar-refractivity contribution is 6.21. The fourth-order valence-corrected chi connectivity index (χ4v) is 2.80. The Morgan fingerprint density at radius 1 is 1.15 bits per heavy atom. The third kappa shape index (κ3) is 2.55. The number of aliphatic imine (C=N–C) groups is 1. The summed E-state index contributed by atoms with van der Waals surface area (Å²) >= 11 is 0. The topological polar surface area (TPSA) is 100 Å². The Hall–Kier alpha value is -3.74. The van der Waals surface area contributed by atoms with Crippen molar-refractivity contribution in [1.82, 2.24) is 14.5 Å². The fraction of sp³-hybridized carbons (Fsp3) is 0.0526. The van der Waals surface area contributed by atoms with Gasteiger partial charge < -0.3 is 5.11 Å². The summed E-state index contributed by atoms with van der Waals surface area (Å²) in [6.45, 7) is 1.92. The van der Waals surface area contributed by atoms with Crippen molar-refractivity contribution in [3.63, 3.8) is 0 Å². The van der Waals surface area contributed by atoms with Crippen molar-refractivity contribution in [2.24, 2.45) is 4.99 Å². The SMILES string of the molecule is Cc1ccc(-n2c(O)c(/C=C3/C=Nc4ncccc43)c(=O)[nH]c2=O)cc1. The first-order chi connectivity index (χ1) is 12.5. The number of aromatic hydroxyl groups is 1. The molecule has 0 radical (unpaired) electrons. The van der Waals surface area contributed by atoms with Crippen LogP contribution in [0.5, 0.6) is 5.88 Å². The van der Waals surface area contributed by atoms with Gasteiger partial charge in [0.25, 0.3) is 5.56 Å². The Kier molecular flexibility index (Phi) is 3.62. The molecule has 0 unspecified atom stereocenters. The molecule has 0 fully saturated rings. The zero-order chi connectivity index (χ0) is 18.3. The smallest absolute Gasteiger partial charge is 0.335 e. The molecule has 0 aliphatic carbocycles. The third-order valence-electron chi connectivity index (χ3n) is 4.14. The van der Waals surface area contributed by atoms with Crippen molar-refractivity contribution in [2.75, 3.05) is 0 Å². The number of aromatic amines is 1. The Balaban J connectivity index is 1.91. The second-order valence-electron chi connectivity index (χ2n) is 5.90. The van der Waals surface area contributed by atoms with E-state index in [9.17, 15) is 14.7 Å². The quantitative estimate of drug-likeness (QED) is 0.743. The van der Waals surface area contributed by atoms with E-state index in [-0.39, 0.29) is 5.56 Å². The molecule has 26 heavy (non-hydrogen) atoms. The van der Waals surface area contributed by atoms with Crippen LogP contribution in [0.15, 0.2) is 57.2 Å². The number of aromatic nitrogens is 3. The number of allylic oxidation sites excluding steroid dienone is 1. The molecule has 4 rings (SSSR count). The Morgan fingerprint density at radius 2 is 1.92 bits per heavy atom. The summed E-state index contributed by atoms with van der Waals surface area (Å²) < 4.78 is 1.06. The van der Waals surface area contributed by atoms with Crippen LogP contribution in [0.4, 0.5) is 5.82 Å². The molecule has 1 aliphatic heterocycles. The van der Waals surface area contributed by atoms with Gasteiger partial charge in [0, 0.05) is 23.5 Å². The molecule has 0 atom stereocenters. The summed E-state index contributed by atoms with van der Waals surface area (Å²) in [5.74, 6) is 0.113. The van der Waals surface area contributed by atoms with Gasteiger partial charge in [-0.25, -0.2) is 19.3 Å². The van der Waals surface area contributed by atoms with E-state index in [0.29, 0.717) is 17.1 Å². The molecule has 7 heteroatoms. The molecule has 0 saturated heterocycles. The number of benzene rings is 1. The average Bonchev–Trinajstić information content (AvgIpc) is 3.03. The molecule has 0 amide bonds.